The summed E-state index contributed by atoms with van der Waals surface area (Å²) in [4.78, 5) is 11.3. The smallest absolute Gasteiger partial charge is 0.254 e. The van der Waals surface area contributed by atoms with E-state index < -0.39 is 17.8 Å². The van der Waals surface area contributed by atoms with Crippen LogP contribution in [0.2, 0.25) is 0 Å². The van der Waals surface area contributed by atoms with Gasteiger partial charge in [-0.25, -0.2) is 4.39 Å². The molecule has 3 nitrogen and oxygen atoms in total. The van der Waals surface area contributed by atoms with Gasteiger partial charge in [0.25, 0.3) is 5.91 Å². The van der Waals surface area contributed by atoms with Crippen molar-refractivity contribution in [3.63, 3.8) is 0 Å². The molecule has 1 amide bonds. The van der Waals surface area contributed by atoms with Gasteiger partial charge in [0.2, 0.25) is 0 Å². The van der Waals surface area contributed by atoms with Crippen LogP contribution in [-0.4, -0.2) is 23.7 Å². The van der Waals surface area contributed by atoms with Gasteiger partial charge in [-0.15, -0.1) is 0 Å². The van der Waals surface area contributed by atoms with Gasteiger partial charge in [-0.3, -0.25) is 4.79 Å². The highest BCUT2D eigenvalue weighted by molar-refractivity contribution is 5.94. The fraction of sp³-hybridized carbons (Fsp3) is 0.300. The predicted octanol–water partition coefficient (Wildman–Crippen LogP) is 0.936. The summed E-state index contributed by atoms with van der Waals surface area (Å²) in [5.41, 5.74) is -0.00634. The van der Waals surface area contributed by atoms with E-state index in [9.17, 15) is 9.18 Å². The summed E-state index contributed by atoms with van der Waals surface area (Å²) in [7, 11) is 0. The normalized spacial score (nSPS) is 12.2. The molecule has 0 bridgehead atoms. The van der Waals surface area contributed by atoms with Crippen LogP contribution in [0.15, 0.2) is 24.3 Å². The lowest BCUT2D eigenvalue weighted by molar-refractivity contribution is 0.0920. The maximum atomic E-state index is 13.0. The Labute approximate surface area is 81.6 Å². The predicted molar refractivity (Wildman–Crippen MR) is 50.4 cm³/mol. The summed E-state index contributed by atoms with van der Waals surface area (Å²) in [6, 6.07) is 5.71. The van der Waals surface area contributed by atoms with E-state index in [1.807, 2.05) is 0 Å². The summed E-state index contributed by atoms with van der Waals surface area (Å²) in [5, 5.41) is 11.3. The average molecular weight is 197 g/mol. The zero-order chi connectivity index (χ0) is 10.6. The van der Waals surface area contributed by atoms with Crippen molar-refractivity contribution in [2.45, 2.75) is 13.0 Å². The first kappa shape index (κ1) is 10.7. The van der Waals surface area contributed by atoms with E-state index >= 15 is 0 Å². The van der Waals surface area contributed by atoms with Gasteiger partial charge in [-0.2, -0.15) is 0 Å². The van der Waals surface area contributed by atoms with E-state index in [1.165, 1.54) is 18.2 Å². The number of aliphatic hydroxyl groups excluding tert-OH is 1. The molecule has 1 aromatic carbocycles. The molecular formula is C10H12FNO2. The molecule has 76 valence electrons. The molecule has 0 unspecified atom stereocenters. The summed E-state index contributed by atoms with van der Waals surface area (Å²) >= 11 is 0. The number of benzene rings is 1. The third kappa shape index (κ3) is 2.81. The Hall–Kier alpha value is -1.42. The molecular weight excluding hydrogens is 185 g/mol. The van der Waals surface area contributed by atoms with Crippen molar-refractivity contribution in [3.8, 4) is 0 Å². The lowest BCUT2D eigenvalue weighted by Gasteiger charge is -2.07. The SMILES string of the molecule is C[C@H](O)CNC(=O)c1ccccc1F. The van der Waals surface area contributed by atoms with Crippen LogP contribution in [0, 0.1) is 5.82 Å². The molecule has 0 heterocycles. The lowest BCUT2D eigenvalue weighted by atomic mass is 10.2. The number of halogens is 1. The van der Waals surface area contributed by atoms with Gasteiger partial charge < -0.3 is 10.4 Å². The van der Waals surface area contributed by atoms with Crippen molar-refractivity contribution in [3.05, 3.63) is 35.6 Å². The minimum absolute atomic E-state index is 0.00634. The molecule has 1 aromatic rings. The molecule has 4 heteroatoms. The van der Waals surface area contributed by atoms with Crippen LogP contribution >= 0.6 is 0 Å². The van der Waals surface area contributed by atoms with Gasteiger partial charge in [0.15, 0.2) is 0 Å². The highest BCUT2D eigenvalue weighted by atomic mass is 19.1. The Morgan fingerprint density at radius 3 is 2.79 bits per heavy atom. The number of carbonyl (C=O) groups is 1. The molecule has 0 aliphatic rings. The molecule has 0 radical (unpaired) electrons. The Bertz CT molecular complexity index is 326. The van der Waals surface area contributed by atoms with E-state index in [2.05, 4.69) is 5.32 Å². The minimum atomic E-state index is -0.634. The second-order valence-electron chi connectivity index (χ2n) is 3.04. The van der Waals surface area contributed by atoms with Crippen molar-refractivity contribution in [1.29, 1.82) is 0 Å². The molecule has 0 aliphatic carbocycles. The zero-order valence-electron chi connectivity index (χ0n) is 7.83. The zero-order valence-corrected chi connectivity index (χ0v) is 7.83. The Kier molecular flexibility index (Phi) is 3.59. The van der Waals surface area contributed by atoms with Crippen molar-refractivity contribution >= 4 is 5.91 Å². The number of hydrogen-bond acceptors (Lipinski definition) is 2. The van der Waals surface area contributed by atoms with Crippen LogP contribution in [-0.2, 0) is 0 Å². The largest absolute Gasteiger partial charge is 0.392 e. The van der Waals surface area contributed by atoms with E-state index in [1.54, 1.807) is 13.0 Å². The van der Waals surface area contributed by atoms with Gasteiger partial charge in [-0.05, 0) is 19.1 Å². The van der Waals surface area contributed by atoms with Crippen molar-refractivity contribution in [2.24, 2.45) is 0 Å². The van der Waals surface area contributed by atoms with Gasteiger partial charge in [0, 0.05) is 6.54 Å². The highest BCUT2D eigenvalue weighted by Gasteiger charge is 2.10. The molecule has 0 fully saturated rings. The maximum Gasteiger partial charge on any atom is 0.254 e. The summed E-state index contributed by atoms with van der Waals surface area (Å²) in [6.07, 6.45) is -0.634. The first-order valence-corrected chi connectivity index (χ1v) is 4.32. The van der Waals surface area contributed by atoms with Crippen molar-refractivity contribution < 1.29 is 14.3 Å². The molecule has 0 saturated heterocycles. The lowest BCUT2D eigenvalue weighted by Crippen LogP contribution is -2.31. The number of amides is 1. The Morgan fingerprint density at radius 1 is 1.57 bits per heavy atom. The number of nitrogens with one attached hydrogen (secondary N) is 1. The quantitative estimate of drug-likeness (QED) is 0.757. The Morgan fingerprint density at radius 2 is 2.21 bits per heavy atom. The van der Waals surface area contributed by atoms with Gasteiger partial charge in [0.05, 0.1) is 11.7 Å². The average Bonchev–Trinajstić information content (AvgIpc) is 2.15. The second-order valence-corrected chi connectivity index (χ2v) is 3.04. The van der Waals surface area contributed by atoms with Crippen LogP contribution in [0.5, 0.6) is 0 Å². The van der Waals surface area contributed by atoms with Crippen LogP contribution in [0.3, 0.4) is 0 Å². The van der Waals surface area contributed by atoms with E-state index in [0.29, 0.717) is 0 Å². The Balaban J connectivity index is 2.65. The number of aliphatic hydroxyl groups is 1. The molecule has 1 atom stereocenters. The summed E-state index contributed by atoms with van der Waals surface area (Å²) in [6.45, 7) is 1.66. The van der Waals surface area contributed by atoms with Gasteiger partial charge in [0.1, 0.15) is 5.82 Å². The summed E-state index contributed by atoms with van der Waals surface area (Å²) < 4.78 is 13.0. The van der Waals surface area contributed by atoms with E-state index in [4.69, 9.17) is 5.11 Å². The molecule has 1 rings (SSSR count). The third-order valence-corrected chi connectivity index (χ3v) is 1.68. The van der Waals surface area contributed by atoms with E-state index in [-0.39, 0.29) is 12.1 Å². The van der Waals surface area contributed by atoms with E-state index in [0.717, 1.165) is 0 Å². The molecule has 0 spiro atoms. The minimum Gasteiger partial charge on any atom is -0.392 e. The molecule has 0 aromatic heterocycles. The van der Waals surface area contributed by atoms with Gasteiger partial charge >= 0.3 is 0 Å². The first-order chi connectivity index (χ1) is 6.61. The number of carbonyl (C=O) groups excluding carboxylic acids is 1. The fourth-order valence-electron chi connectivity index (χ4n) is 0.981. The summed E-state index contributed by atoms with van der Waals surface area (Å²) in [5.74, 6) is -1.07. The fourth-order valence-corrected chi connectivity index (χ4v) is 0.981. The first-order valence-electron chi connectivity index (χ1n) is 4.32. The molecule has 14 heavy (non-hydrogen) atoms. The monoisotopic (exact) mass is 197 g/mol. The second kappa shape index (κ2) is 4.72. The van der Waals surface area contributed by atoms with Crippen LogP contribution in [0.1, 0.15) is 17.3 Å². The van der Waals surface area contributed by atoms with Crippen LogP contribution < -0.4 is 5.32 Å². The number of rotatable bonds is 3. The highest BCUT2D eigenvalue weighted by Crippen LogP contribution is 2.05. The van der Waals surface area contributed by atoms with Crippen LogP contribution in [0.4, 0.5) is 4.39 Å². The van der Waals surface area contributed by atoms with Gasteiger partial charge in [-0.1, -0.05) is 12.1 Å². The van der Waals surface area contributed by atoms with Crippen LogP contribution in [0.25, 0.3) is 0 Å². The van der Waals surface area contributed by atoms with Crippen molar-refractivity contribution in [1.82, 2.24) is 5.32 Å². The number of hydrogen-bond donors (Lipinski definition) is 2. The van der Waals surface area contributed by atoms with Crippen molar-refractivity contribution in [2.75, 3.05) is 6.54 Å². The molecule has 0 saturated carbocycles. The third-order valence-electron chi connectivity index (χ3n) is 1.68. The standard InChI is InChI=1S/C10H12FNO2/c1-7(13)6-12-10(14)8-4-2-3-5-9(8)11/h2-5,7,13H,6H2,1H3,(H,12,14)/t7-/m0/s1. The molecule has 0 aliphatic heterocycles. The molecule has 2 N–H and O–H groups in total. The maximum absolute atomic E-state index is 13.0. The topological polar surface area (TPSA) is 49.3 Å².